The van der Waals surface area contributed by atoms with Gasteiger partial charge >= 0.3 is 7.82 Å². The van der Waals surface area contributed by atoms with Crippen LogP contribution in [0.1, 0.15) is 0 Å². The van der Waals surface area contributed by atoms with Gasteiger partial charge in [-0.25, -0.2) is 13.3 Å². The van der Waals surface area contributed by atoms with Crippen LogP contribution in [0.4, 0.5) is 8.78 Å². The predicted octanol–water partition coefficient (Wildman–Crippen LogP) is 1.06. The van der Waals surface area contributed by atoms with E-state index >= 15 is 0 Å². The van der Waals surface area contributed by atoms with Crippen LogP contribution in [0.15, 0.2) is 0 Å². The Balaban J connectivity index is 3.53. The molecule has 0 aromatic heterocycles. The van der Waals surface area contributed by atoms with E-state index in [0.717, 1.165) is 0 Å². The number of phosphoric ester groups is 1. The molecule has 0 aromatic carbocycles. The maximum Gasteiger partial charge on any atom is 0.472 e. The minimum absolute atomic E-state index is 0.528. The Morgan fingerprint density at radius 3 is 1.82 bits per heavy atom. The lowest BCUT2D eigenvalue weighted by Crippen LogP contribution is -2.00. The molecule has 0 fully saturated rings. The summed E-state index contributed by atoms with van der Waals surface area (Å²) >= 11 is 0. The summed E-state index contributed by atoms with van der Waals surface area (Å²) < 4.78 is 41.3. The summed E-state index contributed by atoms with van der Waals surface area (Å²) in [6, 6.07) is 0. The zero-order valence-electron chi connectivity index (χ0n) is 5.70. The first kappa shape index (κ1) is 11.0. The van der Waals surface area contributed by atoms with Crippen molar-refractivity contribution in [2.75, 3.05) is 26.6 Å². The van der Waals surface area contributed by atoms with E-state index in [-0.39, 0.29) is 0 Å². The van der Waals surface area contributed by atoms with Crippen LogP contribution in [-0.2, 0) is 13.6 Å². The normalized spacial score (nSPS) is 11.9. The quantitative estimate of drug-likeness (QED) is 0.636. The van der Waals surface area contributed by atoms with Crippen LogP contribution in [0.5, 0.6) is 0 Å². The Morgan fingerprint density at radius 2 is 1.55 bits per heavy atom. The van der Waals surface area contributed by atoms with Gasteiger partial charge in [0, 0.05) is 0 Å². The molecule has 0 rings (SSSR count). The molecule has 0 aromatic rings. The van der Waals surface area contributed by atoms with E-state index in [1.165, 1.54) is 0 Å². The SMILES string of the molecule is O=P(O)(OCCF)OCCF. The second-order valence-corrected chi connectivity index (χ2v) is 2.97. The number of halogens is 2. The van der Waals surface area contributed by atoms with Crippen LogP contribution in [-0.4, -0.2) is 31.5 Å². The first-order valence-electron chi connectivity index (χ1n) is 2.86. The number of phosphoric acid groups is 1. The molecule has 7 heteroatoms. The Hall–Kier alpha value is -0.0300. The minimum atomic E-state index is -4.21. The molecule has 0 amide bonds. The van der Waals surface area contributed by atoms with Crippen molar-refractivity contribution in [2.24, 2.45) is 0 Å². The highest BCUT2D eigenvalue weighted by Crippen LogP contribution is 2.42. The summed E-state index contributed by atoms with van der Waals surface area (Å²) in [6.07, 6.45) is 0. The van der Waals surface area contributed by atoms with Gasteiger partial charge in [-0.3, -0.25) is 9.05 Å². The van der Waals surface area contributed by atoms with Crippen molar-refractivity contribution < 1.29 is 27.3 Å². The van der Waals surface area contributed by atoms with Crippen molar-refractivity contribution in [3.05, 3.63) is 0 Å². The van der Waals surface area contributed by atoms with Crippen molar-refractivity contribution in [3.63, 3.8) is 0 Å². The van der Waals surface area contributed by atoms with Crippen molar-refractivity contribution in [1.82, 2.24) is 0 Å². The molecular weight excluding hydrogens is 181 g/mol. The van der Waals surface area contributed by atoms with Gasteiger partial charge in [-0.1, -0.05) is 0 Å². The van der Waals surface area contributed by atoms with Crippen molar-refractivity contribution >= 4 is 7.82 Å². The molecule has 1 N–H and O–H groups in total. The molecule has 4 nitrogen and oxygen atoms in total. The lowest BCUT2D eigenvalue weighted by molar-refractivity contribution is 0.134. The molecule has 0 aliphatic heterocycles. The van der Waals surface area contributed by atoms with E-state index in [9.17, 15) is 13.3 Å². The van der Waals surface area contributed by atoms with Gasteiger partial charge in [0.1, 0.15) is 13.3 Å². The molecule has 0 heterocycles. The maximum atomic E-state index is 11.4. The highest BCUT2D eigenvalue weighted by atomic mass is 31.2. The van der Waals surface area contributed by atoms with Crippen molar-refractivity contribution in [1.29, 1.82) is 0 Å². The van der Waals surface area contributed by atoms with Gasteiger partial charge < -0.3 is 4.89 Å². The fourth-order valence-electron chi connectivity index (χ4n) is 0.337. The monoisotopic (exact) mass is 190 g/mol. The van der Waals surface area contributed by atoms with Crippen LogP contribution >= 0.6 is 7.82 Å². The van der Waals surface area contributed by atoms with Crippen molar-refractivity contribution in [2.45, 2.75) is 0 Å². The third-order valence-electron chi connectivity index (χ3n) is 0.663. The molecule has 0 saturated carbocycles. The first-order chi connectivity index (χ1) is 5.12. The fourth-order valence-corrected chi connectivity index (χ4v) is 1.01. The Labute approximate surface area is 62.7 Å². The van der Waals surface area contributed by atoms with Crippen LogP contribution < -0.4 is 0 Å². The van der Waals surface area contributed by atoms with Crippen LogP contribution in [0.2, 0.25) is 0 Å². The van der Waals surface area contributed by atoms with Gasteiger partial charge in [-0.2, -0.15) is 0 Å². The number of rotatable bonds is 6. The van der Waals surface area contributed by atoms with Crippen LogP contribution in [0.25, 0.3) is 0 Å². The summed E-state index contributed by atoms with van der Waals surface area (Å²) in [5.41, 5.74) is 0. The van der Waals surface area contributed by atoms with E-state index in [1.54, 1.807) is 0 Å². The summed E-state index contributed by atoms with van der Waals surface area (Å²) in [4.78, 5) is 8.55. The highest BCUT2D eigenvalue weighted by molar-refractivity contribution is 7.47. The molecule has 0 unspecified atom stereocenters. The maximum absolute atomic E-state index is 11.4. The van der Waals surface area contributed by atoms with E-state index in [0.29, 0.717) is 0 Å². The van der Waals surface area contributed by atoms with Gasteiger partial charge in [0.15, 0.2) is 0 Å². The van der Waals surface area contributed by atoms with E-state index < -0.39 is 34.4 Å². The highest BCUT2D eigenvalue weighted by Gasteiger charge is 2.19. The average Bonchev–Trinajstić information content (AvgIpc) is 1.97. The summed E-state index contributed by atoms with van der Waals surface area (Å²) in [6.45, 7) is -2.83. The van der Waals surface area contributed by atoms with Crippen LogP contribution in [0, 0.1) is 0 Å². The van der Waals surface area contributed by atoms with Crippen LogP contribution in [0.3, 0.4) is 0 Å². The summed E-state index contributed by atoms with van der Waals surface area (Å²) in [7, 11) is -4.21. The second-order valence-electron chi connectivity index (χ2n) is 1.51. The Bertz CT molecular complexity index is 130. The smallest absolute Gasteiger partial charge is 0.302 e. The number of hydrogen-bond donors (Lipinski definition) is 1. The summed E-state index contributed by atoms with van der Waals surface area (Å²) in [5.74, 6) is 0. The lowest BCUT2D eigenvalue weighted by atomic mass is 10.9. The number of alkyl halides is 2. The van der Waals surface area contributed by atoms with Gasteiger partial charge in [0.25, 0.3) is 0 Å². The molecule has 0 atom stereocenters. The third-order valence-corrected chi connectivity index (χ3v) is 1.68. The van der Waals surface area contributed by atoms with E-state index in [2.05, 4.69) is 9.05 Å². The average molecular weight is 190 g/mol. The fraction of sp³-hybridized carbons (Fsp3) is 1.00. The number of hydrogen-bond acceptors (Lipinski definition) is 3. The first-order valence-corrected chi connectivity index (χ1v) is 4.36. The molecule has 11 heavy (non-hydrogen) atoms. The minimum Gasteiger partial charge on any atom is -0.302 e. The van der Waals surface area contributed by atoms with Gasteiger partial charge in [0.2, 0.25) is 0 Å². The van der Waals surface area contributed by atoms with Gasteiger partial charge in [-0.05, 0) is 0 Å². The molecule has 0 saturated heterocycles. The largest absolute Gasteiger partial charge is 0.472 e. The van der Waals surface area contributed by atoms with Crippen molar-refractivity contribution in [3.8, 4) is 0 Å². The Morgan fingerprint density at radius 1 is 1.18 bits per heavy atom. The van der Waals surface area contributed by atoms with Gasteiger partial charge in [-0.15, -0.1) is 0 Å². The zero-order chi connectivity index (χ0) is 8.74. The zero-order valence-corrected chi connectivity index (χ0v) is 6.60. The summed E-state index contributed by atoms with van der Waals surface area (Å²) in [5, 5.41) is 0. The lowest BCUT2D eigenvalue weighted by Gasteiger charge is -2.08. The van der Waals surface area contributed by atoms with E-state index in [1.807, 2.05) is 0 Å². The topological polar surface area (TPSA) is 55.8 Å². The molecule has 0 aliphatic carbocycles. The Kier molecular flexibility index (Phi) is 5.58. The molecular formula is C4H9F2O4P. The van der Waals surface area contributed by atoms with E-state index in [4.69, 9.17) is 4.89 Å². The van der Waals surface area contributed by atoms with Gasteiger partial charge in [0.05, 0.1) is 13.2 Å². The predicted molar refractivity (Wildman–Crippen MR) is 33.7 cm³/mol. The third kappa shape index (κ3) is 6.37. The molecule has 0 radical (unpaired) electrons. The molecule has 0 spiro atoms. The molecule has 0 aliphatic rings. The second kappa shape index (κ2) is 5.60. The standard InChI is InChI=1S/C4H9F2O4P/c5-1-3-9-11(7,8)10-4-2-6/h1-4H2,(H,7,8). The molecule has 68 valence electrons. The molecule has 0 bridgehead atoms.